The van der Waals surface area contributed by atoms with Crippen LogP contribution in [0.25, 0.3) is 0 Å². The highest BCUT2D eigenvalue weighted by molar-refractivity contribution is 7.92. The summed E-state index contributed by atoms with van der Waals surface area (Å²) in [5, 5.41) is 2.74. The van der Waals surface area contributed by atoms with Crippen molar-refractivity contribution in [3.63, 3.8) is 0 Å². The Labute approximate surface area is 179 Å². The summed E-state index contributed by atoms with van der Waals surface area (Å²) >= 11 is 0. The first-order chi connectivity index (χ1) is 14.9. The highest BCUT2D eigenvalue weighted by Gasteiger charge is 2.14. The molecule has 0 saturated heterocycles. The summed E-state index contributed by atoms with van der Waals surface area (Å²) in [4.78, 5) is 12.0. The Morgan fingerprint density at radius 3 is 2.13 bits per heavy atom. The van der Waals surface area contributed by atoms with Crippen molar-refractivity contribution in [1.82, 2.24) is 5.32 Å². The first-order valence-electron chi connectivity index (χ1n) is 9.26. The van der Waals surface area contributed by atoms with Crippen molar-refractivity contribution in [2.24, 2.45) is 0 Å². The quantitative estimate of drug-likeness (QED) is 0.528. The fraction of sp³-hybridized carbons (Fsp3) is 0.136. The molecule has 0 spiro atoms. The molecule has 31 heavy (non-hydrogen) atoms. The van der Waals surface area contributed by atoms with Crippen LogP contribution in [0.2, 0.25) is 0 Å². The highest BCUT2D eigenvalue weighted by Crippen LogP contribution is 2.19. The van der Waals surface area contributed by atoms with Gasteiger partial charge in [0.1, 0.15) is 17.3 Å². The number of amides is 1. The molecule has 3 rings (SSSR count). The number of halogens is 1. The van der Waals surface area contributed by atoms with Gasteiger partial charge in [0.2, 0.25) is 0 Å². The number of nitrogens with one attached hydrogen (secondary N) is 2. The molecular formula is C22H21FN2O5S. The molecule has 0 aliphatic rings. The summed E-state index contributed by atoms with van der Waals surface area (Å²) < 4.78 is 50.6. The number of hydrogen-bond donors (Lipinski definition) is 2. The molecule has 162 valence electrons. The van der Waals surface area contributed by atoms with Crippen molar-refractivity contribution in [1.29, 1.82) is 0 Å². The van der Waals surface area contributed by atoms with E-state index in [-0.39, 0.29) is 23.1 Å². The van der Waals surface area contributed by atoms with E-state index in [1.54, 1.807) is 19.2 Å². The average molecular weight is 444 g/mol. The summed E-state index contributed by atoms with van der Waals surface area (Å²) in [7, 11) is -2.25. The first kappa shape index (κ1) is 22.1. The van der Waals surface area contributed by atoms with Crippen molar-refractivity contribution in [3.8, 4) is 11.5 Å². The van der Waals surface area contributed by atoms with Gasteiger partial charge in [-0.15, -0.1) is 0 Å². The van der Waals surface area contributed by atoms with E-state index in [0.29, 0.717) is 12.3 Å². The third kappa shape index (κ3) is 6.45. The van der Waals surface area contributed by atoms with Gasteiger partial charge in [-0.25, -0.2) is 12.8 Å². The second kappa shape index (κ2) is 9.94. The van der Waals surface area contributed by atoms with E-state index >= 15 is 0 Å². The molecule has 1 amide bonds. The van der Waals surface area contributed by atoms with Gasteiger partial charge in [-0.05, 0) is 66.2 Å². The smallest absolute Gasteiger partial charge is 0.261 e. The summed E-state index contributed by atoms with van der Waals surface area (Å²) in [5.74, 6) is 0.306. The maximum Gasteiger partial charge on any atom is 0.261 e. The number of hydrogen-bond acceptors (Lipinski definition) is 5. The number of carbonyl (C=O) groups excluding carboxylic acids is 1. The van der Waals surface area contributed by atoms with Gasteiger partial charge in [0.05, 0.1) is 12.0 Å². The van der Waals surface area contributed by atoms with Crippen LogP contribution < -0.4 is 19.5 Å². The number of methoxy groups -OCH3 is 1. The Bertz CT molecular complexity index is 1120. The summed E-state index contributed by atoms with van der Waals surface area (Å²) in [5.41, 5.74) is 1.16. The average Bonchev–Trinajstić information content (AvgIpc) is 2.78. The second-order valence-corrected chi connectivity index (χ2v) is 8.18. The molecule has 9 heteroatoms. The minimum atomic E-state index is -3.83. The summed E-state index contributed by atoms with van der Waals surface area (Å²) in [6.45, 7) is 0.133. The van der Waals surface area contributed by atoms with Gasteiger partial charge in [0.25, 0.3) is 15.9 Å². The van der Waals surface area contributed by atoms with Gasteiger partial charge in [0.15, 0.2) is 6.61 Å². The first-order valence-corrected chi connectivity index (χ1v) is 10.7. The molecule has 0 aliphatic heterocycles. The van der Waals surface area contributed by atoms with E-state index in [1.165, 1.54) is 36.4 Å². The van der Waals surface area contributed by atoms with E-state index in [4.69, 9.17) is 9.47 Å². The zero-order valence-corrected chi connectivity index (χ0v) is 17.5. The van der Waals surface area contributed by atoms with Crippen molar-refractivity contribution >= 4 is 21.6 Å². The molecule has 2 N–H and O–H groups in total. The van der Waals surface area contributed by atoms with Crippen LogP contribution >= 0.6 is 0 Å². The number of rotatable bonds is 9. The molecule has 0 aromatic heterocycles. The molecule has 0 aliphatic carbocycles. The molecule has 0 heterocycles. The summed E-state index contributed by atoms with van der Waals surface area (Å²) in [6.07, 6.45) is 0. The number of ether oxygens (including phenoxy) is 2. The Hall–Kier alpha value is -3.59. The van der Waals surface area contributed by atoms with Crippen LogP contribution in [0.5, 0.6) is 11.5 Å². The molecule has 0 unspecified atom stereocenters. The minimum Gasteiger partial charge on any atom is -0.497 e. The van der Waals surface area contributed by atoms with Gasteiger partial charge in [-0.2, -0.15) is 0 Å². The van der Waals surface area contributed by atoms with Crippen LogP contribution in [0.15, 0.2) is 77.7 Å². The van der Waals surface area contributed by atoms with E-state index in [1.807, 2.05) is 12.1 Å². The zero-order valence-electron chi connectivity index (χ0n) is 16.7. The monoisotopic (exact) mass is 444 g/mol. The van der Waals surface area contributed by atoms with Crippen LogP contribution in [0.3, 0.4) is 0 Å². The van der Waals surface area contributed by atoms with Crippen molar-refractivity contribution < 1.29 is 27.1 Å². The van der Waals surface area contributed by atoms with E-state index in [0.717, 1.165) is 23.4 Å². The molecule has 0 saturated carbocycles. The molecule has 3 aromatic carbocycles. The molecule has 0 radical (unpaired) electrons. The lowest BCUT2D eigenvalue weighted by Gasteiger charge is -2.10. The van der Waals surface area contributed by atoms with E-state index in [2.05, 4.69) is 10.0 Å². The lowest BCUT2D eigenvalue weighted by molar-refractivity contribution is -0.123. The normalized spacial score (nSPS) is 10.9. The Kier molecular flexibility index (Phi) is 7.09. The third-order valence-corrected chi connectivity index (χ3v) is 5.65. The fourth-order valence-electron chi connectivity index (χ4n) is 2.59. The predicted molar refractivity (Wildman–Crippen MR) is 114 cm³/mol. The standard InChI is InChI=1S/C22H21FN2O5S/c1-29-19-8-2-16(3-9-19)14-24-22(26)15-30-20-10-12-21(13-11-20)31(27,28)25-18-6-4-17(23)5-7-18/h2-13,25H,14-15H2,1H3,(H,24,26). The van der Waals surface area contributed by atoms with Crippen LogP contribution in [0.1, 0.15) is 5.56 Å². The van der Waals surface area contributed by atoms with E-state index < -0.39 is 15.8 Å². The number of benzene rings is 3. The Morgan fingerprint density at radius 2 is 1.52 bits per heavy atom. The van der Waals surface area contributed by atoms with Gasteiger partial charge < -0.3 is 14.8 Å². The third-order valence-electron chi connectivity index (χ3n) is 4.25. The molecule has 0 fully saturated rings. The fourth-order valence-corrected chi connectivity index (χ4v) is 3.65. The van der Waals surface area contributed by atoms with Crippen molar-refractivity contribution in [2.75, 3.05) is 18.4 Å². The highest BCUT2D eigenvalue weighted by atomic mass is 32.2. The Morgan fingerprint density at radius 1 is 0.903 bits per heavy atom. The second-order valence-electron chi connectivity index (χ2n) is 6.50. The SMILES string of the molecule is COc1ccc(CNC(=O)COc2ccc(S(=O)(=O)Nc3ccc(F)cc3)cc2)cc1. The minimum absolute atomic E-state index is 0.00753. The van der Waals surface area contributed by atoms with Crippen LogP contribution in [0.4, 0.5) is 10.1 Å². The molecule has 3 aromatic rings. The van der Waals surface area contributed by atoms with Gasteiger partial charge >= 0.3 is 0 Å². The topological polar surface area (TPSA) is 93.7 Å². The molecular weight excluding hydrogens is 423 g/mol. The van der Waals surface area contributed by atoms with E-state index in [9.17, 15) is 17.6 Å². The van der Waals surface area contributed by atoms with Gasteiger partial charge in [-0.1, -0.05) is 12.1 Å². The number of carbonyl (C=O) groups is 1. The van der Waals surface area contributed by atoms with Crippen molar-refractivity contribution in [3.05, 3.63) is 84.2 Å². The largest absolute Gasteiger partial charge is 0.497 e. The molecule has 7 nitrogen and oxygen atoms in total. The van der Waals surface area contributed by atoms with Gasteiger partial charge in [-0.3, -0.25) is 9.52 Å². The van der Waals surface area contributed by atoms with Gasteiger partial charge in [0, 0.05) is 12.2 Å². The van der Waals surface area contributed by atoms with Crippen LogP contribution in [0, 0.1) is 5.82 Å². The molecule has 0 atom stereocenters. The Balaban J connectivity index is 1.50. The maximum absolute atomic E-state index is 13.0. The van der Waals surface area contributed by atoms with Crippen LogP contribution in [-0.4, -0.2) is 28.0 Å². The lowest BCUT2D eigenvalue weighted by atomic mass is 10.2. The maximum atomic E-state index is 13.0. The number of sulfonamides is 1. The lowest BCUT2D eigenvalue weighted by Crippen LogP contribution is -2.28. The van der Waals surface area contributed by atoms with Crippen molar-refractivity contribution in [2.45, 2.75) is 11.4 Å². The van der Waals surface area contributed by atoms with Crippen LogP contribution in [-0.2, 0) is 21.4 Å². The number of anilines is 1. The summed E-state index contributed by atoms with van der Waals surface area (Å²) in [6, 6.07) is 17.9. The predicted octanol–water partition coefficient (Wildman–Crippen LogP) is 3.33. The zero-order chi connectivity index (χ0) is 22.3. The molecule has 0 bridgehead atoms.